The number of rotatable bonds is 5. The van der Waals surface area contributed by atoms with Gasteiger partial charge in [-0.05, 0) is 30.9 Å². The van der Waals surface area contributed by atoms with Crippen LogP contribution < -0.4 is 20.7 Å². The Bertz CT molecular complexity index is 1010. The van der Waals surface area contributed by atoms with E-state index in [1.807, 2.05) is 10.6 Å². The third-order valence-corrected chi connectivity index (χ3v) is 6.02. The van der Waals surface area contributed by atoms with Crippen LogP contribution in [0.1, 0.15) is 18.1 Å². The molecule has 2 aliphatic heterocycles. The first-order valence-corrected chi connectivity index (χ1v) is 10.0. The van der Waals surface area contributed by atoms with Crippen LogP contribution in [0.15, 0.2) is 12.3 Å². The number of carbonyl (C=O) groups is 1. The molecule has 0 unspecified atom stereocenters. The van der Waals surface area contributed by atoms with Crippen molar-refractivity contribution in [2.45, 2.75) is 44.8 Å². The third-order valence-electron chi connectivity index (χ3n) is 6.02. The molecule has 0 spiro atoms. The van der Waals surface area contributed by atoms with Crippen molar-refractivity contribution in [3.63, 3.8) is 0 Å². The maximum atomic E-state index is 13.4. The number of nitrogens with zero attached hydrogens (tertiary/aromatic N) is 3. The quantitative estimate of drug-likeness (QED) is 0.767. The van der Waals surface area contributed by atoms with Crippen LogP contribution in [0.3, 0.4) is 0 Å². The minimum Gasteiger partial charge on any atom is -0.491 e. The summed E-state index contributed by atoms with van der Waals surface area (Å²) in [7, 11) is 0. The van der Waals surface area contributed by atoms with Gasteiger partial charge in [-0.2, -0.15) is 0 Å². The fourth-order valence-corrected chi connectivity index (χ4v) is 4.25. The molecule has 2 atom stereocenters. The molecule has 1 saturated heterocycles. The van der Waals surface area contributed by atoms with Gasteiger partial charge >= 0.3 is 0 Å². The van der Waals surface area contributed by atoms with Crippen molar-refractivity contribution in [2.75, 3.05) is 30.2 Å². The molecule has 160 valence electrons. The monoisotopic (exact) mass is 419 g/mol. The number of hydrogen-bond acceptors (Lipinski definition) is 6. The highest BCUT2D eigenvalue weighted by molar-refractivity contribution is 5.85. The zero-order chi connectivity index (χ0) is 21.0. The summed E-state index contributed by atoms with van der Waals surface area (Å²) < 4.78 is 40.0. The molecule has 3 heterocycles. The number of nitrogens with two attached hydrogens (primary N) is 1. The van der Waals surface area contributed by atoms with Gasteiger partial charge in [-0.15, -0.1) is 0 Å². The standard InChI is InChI=1S/C20H23F2N5O3/c1-10(19(23)28)24-13-6-15-17(12-3-2-11(12)13)20-25-16(7-26(20)4-5-30-15)27-9-29-8-14(27)18(21)22/h6-7,10,14,18,24H,2-5,8-9H2,1H3,(H2,23,28)/t10-,14-/m0/s1. The molecule has 0 radical (unpaired) electrons. The number of benzene rings is 1. The summed E-state index contributed by atoms with van der Waals surface area (Å²) in [6, 6.07) is 0.385. The number of ether oxygens (including phenoxy) is 2. The van der Waals surface area contributed by atoms with Crippen molar-refractivity contribution < 1.29 is 23.0 Å². The molecular formula is C20H23F2N5O3. The second-order valence-electron chi connectivity index (χ2n) is 7.86. The number of nitrogens with one attached hydrogen (secondary N) is 1. The lowest BCUT2D eigenvalue weighted by Crippen LogP contribution is -2.36. The van der Waals surface area contributed by atoms with Crippen LogP contribution in [0.5, 0.6) is 5.75 Å². The van der Waals surface area contributed by atoms with Crippen molar-refractivity contribution in [3.8, 4) is 17.1 Å². The van der Waals surface area contributed by atoms with E-state index in [9.17, 15) is 13.6 Å². The summed E-state index contributed by atoms with van der Waals surface area (Å²) in [5.41, 5.74) is 9.35. The van der Waals surface area contributed by atoms with Gasteiger partial charge in [-0.1, -0.05) is 0 Å². The number of aromatic nitrogens is 2. The van der Waals surface area contributed by atoms with Crippen molar-refractivity contribution in [1.82, 2.24) is 9.55 Å². The first-order valence-electron chi connectivity index (χ1n) is 10.0. The lowest BCUT2D eigenvalue weighted by Gasteiger charge is -2.28. The highest BCUT2D eigenvalue weighted by atomic mass is 19.3. The number of hydrogen-bond donors (Lipinski definition) is 2. The Labute approximate surface area is 171 Å². The van der Waals surface area contributed by atoms with Crippen LogP contribution in [0.2, 0.25) is 0 Å². The molecule has 3 aliphatic rings. The predicted octanol–water partition coefficient (Wildman–Crippen LogP) is 1.75. The number of primary amides is 1. The fourth-order valence-electron chi connectivity index (χ4n) is 4.25. The van der Waals surface area contributed by atoms with Crippen LogP contribution >= 0.6 is 0 Å². The Morgan fingerprint density at radius 1 is 1.37 bits per heavy atom. The molecule has 1 aromatic heterocycles. The van der Waals surface area contributed by atoms with Crippen molar-refractivity contribution in [3.05, 3.63) is 23.4 Å². The van der Waals surface area contributed by atoms with Gasteiger partial charge in [0.2, 0.25) is 5.91 Å². The van der Waals surface area contributed by atoms with E-state index in [0.717, 1.165) is 35.2 Å². The Morgan fingerprint density at radius 2 is 2.17 bits per heavy atom. The number of alkyl halides is 2. The van der Waals surface area contributed by atoms with Gasteiger partial charge in [0.1, 0.15) is 42.8 Å². The van der Waals surface area contributed by atoms with E-state index in [4.69, 9.17) is 20.2 Å². The van der Waals surface area contributed by atoms with E-state index in [2.05, 4.69) is 5.32 Å². The summed E-state index contributed by atoms with van der Waals surface area (Å²) in [5, 5.41) is 3.17. The Balaban J connectivity index is 1.56. The van der Waals surface area contributed by atoms with E-state index < -0.39 is 24.4 Å². The minimum atomic E-state index is -2.51. The zero-order valence-electron chi connectivity index (χ0n) is 16.5. The molecule has 0 bridgehead atoms. The Morgan fingerprint density at radius 3 is 2.87 bits per heavy atom. The second-order valence-corrected chi connectivity index (χ2v) is 7.86. The van der Waals surface area contributed by atoms with Crippen LogP contribution in [0.25, 0.3) is 11.4 Å². The molecule has 1 aromatic carbocycles. The lowest BCUT2D eigenvalue weighted by molar-refractivity contribution is -0.118. The van der Waals surface area contributed by atoms with Crippen LogP contribution in [0, 0.1) is 0 Å². The fraction of sp³-hybridized carbons (Fsp3) is 0.500. The zero-order valence-corrected chi connectivity index (χ0v) is 16.5. The summed E-state index contributed by atoms with van der Waals surface area (Å²) in [4.78, 5) is 17.7. The molecule has 1 aliphatic carbocycles. The number of imidazole rings is 1. The summed E-state index contributed by atoms with van der Waals surface area (Å²) in [6.07, 6.45) is 1.02. The Hall–Kier alpha value is -2.88. The van der Waals surface area contributed by atoms with Gasteiger partial charge < -0.3 is 30.0 Å². The summed E-state index contributed by atoms with van der Waals surface area (Å²) in [6.45, 7) is 2.79. The molecule has 1 amide bonds. The number of fused-ring (bicyclic) bond motifs is 5. The molecule has 0 saturated carbocycles. The predicted molar refractivity (Wildman–Crippen MR) is 106 cm³/mol. The molecular weight excluding hydrogens is 396 g/mol. The average molecular weight is 419 g/mol. The van der Waals surface area contributed by atoms with Gasteiger partial charge in [0.25, 0.3) is 6.43 Å². The molecule has 10 heteroatoms. The van der Waals surface area contributed by atoms with Crippen LogP contribution in [0.4, 0.5) is 20.3 Å². The molecule has 8 nitrogen and oxygen atoms in total. The number of amides is 1. The summed E-state index contributed by atoms with van der Waals surface area (Å²) in [5.74, 6) is 1.44. The molecule has 3 N–H and O–H groups in total. The third kappa shape index (κ3) is 2.97. The molecule has 1 fully saturated rings. The molecule has 2 aromatic rings. The molecule has 5 rings (SSSR count). The number of anilines is 2. The lowest BCUT2D eigenvalue weighted by atomic mass is 9.82. The number of halogens is 2. The van der Waals surface area contributed by atoms with Crippen molar-refractivity contribution in [1.29, 1.82) is 0 Å². The van der Waals surface area contributed by atoms with E-state index >= 15 is 0 Å². The highest BCUT2D eigenvalue weighted by Gasteiger charge is 2.36. The van der Waals surface area contributed by atoms with Crippen LogP contribution in [-0.4, -0.2) is 53.9 Å². The molecule has 30 heavy (non-hydrogen) atoms. The highest BCUT2D eigenvalue weighted by Crippen LogP contribution is 2.46. The maximum Gasteiger partial charge on any atom is 0.260 e. The smallest absolute Gasteiger partial charge is 0.260 e. The topological polar surface area (TPSA) is 94.6 Å². The van der Waals surface area contributed by atoms with E-state index in [-0.39, 0.29) is 13.3 Å². The normalized spacial score (nSPS) is 20.5. The second kappa shape index (κ2) is 7.12. The van der Waals surface area contributed by atoms with E-state index in [0.29, 0.717) is 30.5 Å². The van der Waals surface area contributed by atoms with Gasteiger partial charge in [0.15, 0.2) is 0 Å². The SMILES string of the molecule is C[C@H](Nc1cc2c(c3c1CC3)-c1nc(N3COC[C@H]3C(F)F)cn1CCO2)C(N)=O. The van der Waals surface area contributed by atoms with Gasteiger partial charge in [-0.25, -0.2) is 13.8 Å². The first-order chi connectivity index (χ1) is 14.4. The number of carbonyl (C=O) groups excluding carboxylic acids is 1. The van der Waals surface area contributed by atoms with Crippen LogP contribution in [-0.2, 0) is 28.9 Å². The summed E-state index contributed by atoms with van der Waals surface area (Å²) >= 11 is 0. The van der Waals surface area contributed by atoms with Gasteiger partial charge in [-0.3, -0.25) is 4.79 Å². The van der Waals surface area contributed by atoms with Gasteiger partial charge in [0, 0.05) is 18.0 Å². The first kappa shape index (κ1) is 19.1. The largest absolute Gasteiger partial charge is 0.491 e. The minimum absolute atomic E-state index is 0.0119. The van der Waals surface area contributed by atoms with E-state index in [1.165, 1.54) is 4.90 Å². The average Bonchev–Trinajstić information content (AvgIpc) is 3.27. The van der Waals surface area contributed by atoms with Gasteiger partial charge in [0.05, 0.1) is 18.7 Å². The van der Waals surface area contributed by atoms with Crippen molar-refractivity contribution >= 4 is 17.4 Å². The van der Waals surface area contributed by atoms with Crippen molar-refractivity contribution in [2.24, 2.45) is 5.73 Å². The Kier molecular flexibility index (Phi) is 4.53. The van der Waals surface area contributed by atoms with E-state index in [1.54, 1.807) is 13.1 Å². The maximum absolute atomic E-state index is 13.4.